The highest BCUT2D eigenvalue weighted by atomic mass is 35.5. The first-order valence-corrected chi connectivity index (χ1v) is 8.25. The number of halogens is 1. The summed E-state index contributed by atoms with van der Waals surface area (Å²) in [6.45, 7) is 3.80. The van der Waals surface area contributed by atoms with Gasteiger partial charge in [0.15, 0.2) is 5.69 Å². The molecule has 7 heteroatoms. The van der Waals surface area contributed by atoms with E-state index in [1.54, 1.807) is 0 Å². The number of likely N-dealkylation sites (N-methyl/N-ethyl adjacent to an activating group) is 1. The van der Waals surface area contributed by atoms with E-state index in [9.17, 15) is 14.7 Å². The van der Waals surface area contributed by atoms with Gasteiger partial charge in [-0.2, -0.15) is 0 Å². The Labute approximate surface area is 151 Å². The Morgan fingerprint density at radius 3 is 2.44 bits per heavy atom. The highest BCUT2D eigenvalue weighted by Crippen LogP contribution is 2.19. The Morgan fingerprint density at radius 1 is 1.24 bits per heavy atom. The molecule has 1 amide bonds. The molecule has 0 aliphatic rings. The molecule has 6 nitrogen and oxygen atoms in total. The van der Waals surface area contributed by atoms with Crippen LogP contribution < -0.4 is 0 Å². The summed E-state index contributed by atoms with van der Waals surface area (Å²) in [5.74, 6) is -1.13. The fourth-order valence-electron chi connectivity index (χ4n) is 2.34. The largest absolute Gasteiger partial charge is 0.480 e. The fraction of sp³-hybridized carbons (Fsp3) is 0.333. The van der Waals surface area contributed by atoms with Crippen LogP contribution in [0.3, 0.4) is 0 Å². The van der Waals surface area contributed by atoms with Gasteiger partial charge in [0.05, 0.1) is 11.2 Å². The molecule has 0 aliphatic heterocycles. The van der Waals surface area contributed by atoms with Gasteiger partial charge in [-0.15, -0.1) is 0 Å². The zero-order valence-corrected chi connectivity index (χ0v) is 15.1. The maximum atomic E-state index is 12.8. The molecule has 1 atom stereocenters. The second kappa shape index (κ2) is 8.07. The number of carboxylic acids is 1. The van der Waals surface area contributed by atoms with Crippen molar-refractivity contribution in [3.8, 4) is 0 Å². The number of hydrogen-bond donors (Lipinski definition) is 1. The van der Waals surface area contributed by atoms with E-state index in [2.05, 4.69) is 9.97 Å². The van der Waals surface area contributed by atoms with Crippen LogP contribution in [0, 0.1) is 0 Å². The summed E-state index contributed by atoms with van der Waals surface area (Å²) in [7, 11) is 1.44. The van der Waals surface area contributed by atoms with E-state index < -0.39 is 17.9 Å². The predicted octanol–water partition coefficient (Wildman–Crippen LogP) is 3.02. The summed E-state index contributed by atoms with van der Waals surface area (Å²) < 4.78 is 0. The van der Waals surface area contributed by atoms with Gasteiger partial charge in [0, 0.05) is 19.4 Å². The van der Waals surface area contributed by atoms with Crippen molar-refractivity contribution in [2.24, 2.45) is 0 Å². The number of hydrogen-bond acceptors (Lipinski definition) is 4. The highest BCUT2D eigenvalue weighted by Gasteiger charge is 2.29. The highest BCUT2D eigenvalue weighted by molar-refractivity contribution is 6.33. The molecule has 0 saturated heterocycles. The molecule has 25 heavy (non-hydrogen) atoms. The molecule has 0 radical (unpaired) electrons. The van der Waals surface area contributed by atoms with Crippen molar-refractivity contribution in [1.82, 2.24) is 14.9 Å². The van der Waals surface area contributed by atoms with E-state index in [0.29, 0.717) is 5.82 Å². The van der Waals surface area contributed by atoms with Crippen LogP contribution in [0.25, 0.3) is 0 Å². The van der Waals surface area contributed by atoms with Crippen molar-refractivity contribution < 1.29 is 14.7 Å². The second-order valence-electron chi connectivity index (χ2n) is 6.04. The van der Waals surface area contributed by atoms with Crippen LogP contribution in [0.2, 0.25) is 5.02 Å². The molecule has 0 saturated carbocycles. The minimum Gasteiger partial charge on any atom is -0.480 e. The smallest absolute Gasteiger partial charge is 0.326 e. The van der Waals surface area contributed by atoms with Crippen molar-refractivity contribution in [1.29, 1.82) is 0 Å². The lowest BCUT2D eigenvalue weighted by Crippen LogP contribution is -2.44. The third-order valence-corrected chi connectivity index (χ3v) is 4.10. The molecule has 1 aromatic carbocycles. The average Bonchev–Trinajstić information content (AvgIpc) is 2.59. The van der Waals surface area contributed by atoms with E-state index in [0.717, 1.165) is 10.5 Å². The lowest BCUT2D eigenvalue weighted by atomic mass is 10.0. The lowest BCUT2D eigenvalue weighted by molar-refractivity contribution is -0.141. The molecule has 0 spiro atoms. The SMILES string of the molecule is CC(C)c1ncc(Cl)c(C(=O)N(C)C(Cc2ccccc2)C(=O)O)n1. The van der Waals surface area contributed by atoms with Gasteiger partial charge < -0.3 is 10.0 Å². The summed E-state index contributed by atoms with van der Waals surface area (Å²) in [5, 5.41) is 9.66. The Morgan fingerprint density at radius 2 is 1.88 bits per heavy atom. The third kappa shape index (κ3) is 4.54. The maximum absolute atomic E-state index is 12.8. The summed E-state index contributed by atoms with van der Waals surface area (Å²) in [6.07, 6.45) is 1.57. The van der Waals surface area contributed by atoms with Crippen molar-refractivity contribution in [2.75, 3.05) is 7.05 Å². The topological polar surface area (TPSA) is 83.4 Å². The van der Waals surface area contributed by atoms with Crippen molar-refractivity contribution in [2.45, 2.75) is 32.2 Å². The number of carbonyl (C=O) groups is 2. The number of amides is 1. The van der Waals surface area contributed by atoms with Crippen molar-refractivity contribution >= 4 is 23.5 Å². The Kier molecular flexibility index (Phi) is 6.09. The molecule has 0 bridgehead atoms. The molecule has 132 valence electrons. The van der Waals surface area contributed by atoms with Crippen LogP contribution in [0.4, 0.5) is 0 Å². The number of aromatic nitrogens is 2. The zero-order valence-electron chi connectivity index (χ0n) is 14.3. The van der Waals surface area contributed by atoms with Gasteiger partial charge in [-0.3, -0.25) is 4.79 Å². The molecular formula is C18H20ClN3O3. The number of benzene rings is 1. The zero-order chi connectivity index (χ0) is 18.6. The molecule has 1 N–H and O–H groups in total. The molecular weight excluding hydrogens is 342 g/mol. The molecule has 2 rings (SSSR count). The minimum atomic E-state index is -1.09. The first-order valence-electron chi connectivity index (χ1n) is 7.87. The van der Waals surface area contributed by atoms with Crippen LogP contribution in [-0.4, -0.2) is 44.9 Å². The normalized spacial score (nSPS) is 12.0. The van der Waals surface area contributed by atoms with Gasteiger partial charge in [0.1, 0.15) is 11.9 Å². The molecule has 1 heterocycles. The van der Waals surface area contributed by atoms with Crippen molar-refractivity contribution in [3.63, 3.8) is 0 Å². The predicted molar refractivity (Wildman–Crippen MR) is 94.8 cm³/mol. The van der Waals surface area contributed by atoms with E-state index in [4.69, 9.17) is 11.6 Å². The standard InChI is InChI=1S/C18H20ClN3O3/c1-11(2)16-20-10-13(19)15(21-16)17(23)22(3)14(18(24)25)9-12-7-5-4-6-8-12/h4-8,10-11,14H,9H2,1-3H3,(H,24,25). The van der Waals surface area contributed by atoms with Gasteiger partial charge in [-0.25, -0.2) is 14.8 Å². The summed E-state index contributed by atoms with van der Waals surface area (Å²) in [6, 6.07) is 8.12. The van der Waals surface area contributed by atoms with Crippen LogP contribution in [0.5, 0.6) is 0 Å². The first kappa shape index (κ1) is 18.9. The fourth-order valence-corrected chi connectivity index (χ4v) is 2.52. The average molecular weight is 362 g/mol. The Balaban J connectivity index is 2.30. The monoisotopic (exact) mass is 361 g/mol. The van der Waals surface area contributed by atoms with Crippen LogP contribution in [-0.2, 0) is 11.2 Å². The first-order chi connectivity index (χ1) is 11.8. The maximum Gasteiger partial charge on any atom is 0.326 e. The van der Waals surface area contributed by atoms with Crippen LogP contribution in [0.1, 0.15) is 41.6 Å². The summed E-state index contributed by atoms with van der Waals surface area (Å²) in [4.78, 5) is 33.9. The number of aliphatic carboxylic acids is 1. The summed E-state index contributed by atoms with van der Waals surface area (Å²) >= 11 is 6.06. The van der Waals surface area contributed by atoms with E-state index in [-0.39, 0.29) is 23.1 Å². The summed E-state index contributed by atoms with van der Waals surface area (Å²) in [5.41, 5.74) is 0.841. The number of carbonyl (C=O) groups excluding carboxylic acids is 1. The second-order valence-corrected chi connectivity index (χ2v) is 6.45. The molecule has 2 aromatic rings. The number of rotatable bonds is 6. The van der Waals surface area contributed by atoms with Gasteiger partial charge in [-0.1, -0.05) is 55.8 Å². The Bertz CT molecular complexity index is 765. The molecule has 0 fully saturated rings. The van der Waals surface area contributed by atoms with Crippen LogP contribution in [0.15, 0.2) is 36.5 Å². The third-order valence-electron chi connectivity index (χ3n) is 3.83. The van der Waals surface area contributed by atoms with Gasteiger partial charge >= 0.3 is 5.97 Å². The van der Waals surface area contributed by atoms with Gasteiger partial charge in [0.25, 0.3) is 5.91 Å². The number of nitrogens with zero attached hydrogens (tertiary/aromatic N) is 3. The molecule has 0 aliphatic carbocycles. The molecule has 1 unspecified atom stereocenters. The quantitative estimate of drug-likeness (QED) is 0.855. The van der Waals surface area contributed by atoms with Gasteiger partial charge in [-0.05, 0) is 5.56 Å². The molecule has 1 aromatic heterocycles. The van der Waals surface area contributed by atoms with Crippen molar-refractivity contribution in [3.05, 3.63) is 58.6 Å². The Hall–Kier alpha value is -2.47. The number of carboxylic acid groups (broad SMARTS) is 1. The minimum absolute atomic E-state index is 0.0159. The van der Waals surface area contributed by atoms with Crippen LogP contribution >= 0.6 is 11.6 Å². The van der Waals surface area contributed by atoms with E-state index in [1.165, 1.54) is 13.2 Å². The van der Waals surface area contributed by atoms with E-state index in [1.807, 2.05) is 44.2 Å². The van der Waals surface area contributed by atoms with Gasteiger partial charge in [0.2, 0.25) is 0 Å². The lowest BCUT2D eigenvalue weighted by Gasteiger charge is -2.25. The van der Waals surface area contributed by atoms with E-state index >= 15 is 0 Å².